The van der Waals surface area contributed by atoms with Gasteiger partial charge in [0, 0.05) is 11.3 Å². The molecule has 2 nitrogen and oxygen atoms in total. The van der Waals surface area contributed by atoms with Crippen molar-refractivity contribution >= 4 is 5.71 Å². The van der Waals surface area contributed by atoms with Crippen LogP contribution in [0.2, 0.25) is 0 Å². The van der Waals surface area contributed by atoms with E-state index in [-0.39, 0.29) is 5.41 Å². The monoisotopic (exact) mass is 235 g/mol. The molecule has 0 spiro atoms. The van der Waals surface area contributed by atoms with E-state index in [1.165, 1.54) is 0 Å². The average molecular weight is 235 g/mol. The summed E-state index contributed by atoms with van der Waals surface area (Å²) in [5.41, 5.74) is 1.24. The van der Waals surface area contributed by atoms with Gasteiger partial charge in [-0.3, -0.25) is 0 Å². The number of hydrogen-bond donors (Lipinski definition) is 1. The molecule has 17 heavy (non-hydrogen) atoms. The van der Waals surface area contributed by atoms with Crippen LogP contribution < -0.4 is 0 Å². The van der Waals surface area contributed by atoms with E-state index >= 15 is 0 Å². The van der Waals surface area contributed by atoms with Gasteiger partial charge < -0.3 is 5.21 Å². The number of nitrogens with zero attached hydrogens (tertiary/aromatic N) is 1. The molecule has 0 saturated heterocycles. The van der Waals surface area contributed by atoms with Crippen LogP contribution in [-0.2, 0) is 0 Å². The Hall–Kier alpha value is -0.790. The molecule has 2 rings (SSSR count). The van der Waals surface area contributed by atoms with E-state index in [0.717, 1.165) is 25.0 Å². The van der Waals surface area contributed by atoms with Crippen molar-refractivity contribution in [2.75, 3.05) is 0 Å². The summed E-state index contributed by atoms with van der Waals surface area (Å²) in [4.78, 5) is 0. The van der Waals surface area contributed by atoms with Crippen LogP contribution in [-0.4, -0.2) is 10.9 Å². The Morgan fingerprint density at radius 2 is 2.12 bits per heavy atom. The lowest BCUT2D eigenvalue weighted by Crippen LogP contribution is -2.61. The van der Waals surface area contributed by atoms with E-state index in [4.69, 9.17) is 0 Å². The molecule has 0 heterocycles. The third kappa shape index (κ3) is 1.73. The van der Waals surface area contributed by atoms with Crippen LogP contribution in [0.25, 0.3) is 0 Å². The lowest BCUT2D eigenvalue weighted by Gasteiger charge is -2.59. The summed E-state index contributed by atoms with van der Waals surface area (Å²) >= 11 is 0. The quantitative estimate of drug-likeness (QED) is 0.446. The second-order valence-corrected chi connectivity index (χ2v) is 6.41. The molecule has 96 valence electrons. The molecule has 0 aromatic carbocycles. The van der Waals surface area contributed by atoms with Crippen LogP contribution >= 0.6 is 0 Å². The lowest BCUT2D eigenvalue weighted by atomic mass is 9.44. The SMILES string of the molecule is CC(C)CC1C(=NO)C2(C(C)C)CCC=CC12. The van der Waals surface area contributed by atoms with E-state index in [2.05, 4.69) is 45.0 Å². The standard InChI is InChI=1S/C15H25NO/c1-10(2)9-12-13-7-5-6-8-15(13,11(3)4)14(12)16-17/h5,7,10-13,17H,6,8-9H2,1-4H3. The van der Waals surface area contributed by atoms with Crippen molar-refractivity contribution in [1.82, 2.24) is 0 Å². The highest BCUT2D eigenvalue weighted by atomic mass is 16.4. The maximum absolute atomic E-state index is 9.39. The fourth-order valence-corrected chi connectivity index (χ4v) is 4.02. The Morgan fingerprint density at radius 3 is 2.65 bits per heavy atom. The molecular formula is C15H25NO. The highest BCUT2D eigenvalue weighted by molar-refractivity contribution is 5.99. The number of rotatable bonds is 3. The van der Waals surface area contributed by atoms with E-state index < -0.39 is 0 Å². The van der Waals surface area contributed by atoms with E-state index in [1.54, 1.807) is 0 Å². The first kappa shape index (κ1) is 12.7. The Labute approximate surface area is 105 Å². The normalized spacial score (nSPS) is 38.6. The van der Waals surface area contributed by atoms with Crippen LogP contribution in [0.3, 0.4) is 0 Å². The predicted molar refractivity (Wildman–Crippen MR) is 71.3 cm³/mol. The van der Waals surface area contributed by atoms with Gasteiger partial charge >= 0.3 is 0 Å². The molecule has 0 bridgehead atoms. The second-order valence-electron chi connectivity index (χ2n) is 6.41. The van der Waals surface area contributed by atoms with Gasteiger partial charge in [-0.05, 0) is 37.0 Å². The van der Waals surface area contributed by atoms with Crippen LogP contribution in [0.1, 0.15) is 47.0 Å². The van der Waals surface area contributed by atoms with Gasteiger partial charge in [0.1, 0.15) is 0 Å². The van der Waals surface area contributed by atoms with E-state index in [9.17, 15) is 5.21 Å². The van der Waals surface area contributed by atoms with E-state index in [1.807, 2.05) is 0 Å². The summed E-state index contributed by atoms with van der Waals surface area (Å²) in [5, 5.41) is 13.1. The molecule has 3 atom stereocenters. The number of fused-ring (bicyclic) bond motifs is 1. The Morgan fingerprint density at radius 1 is 1.41 bits per heavy atom. The van der Waals surface area contributed by atoms with Gasteiger partial charge in [-0.25, -0.2) is 0 Å². The van der Waals surface area contributed by atoms with Crippen molar-refractivity contribution in [1.29, 1.82) is 0 Å². The number of allylic oxidation sites excluding steroid dienone is 2. The molecule has 1 N–H and O–H groups in total. The summed E-state index contributed by atoms with van der Waals surface area (Å²) in [6.07, 6.45) is 8.11. The minimum Gasteiger partial charge on any atom is -0.411 e. The third-order valence-corrected chi connectivity index (χ3v) is 4.79. The molecule has 1 saturated carbocycles. The molecule has 2 aliphatic carbocycles. The van der Waals surface area contributed by atoms with Crippen molar-refractivity contribution in [3.05, 3.63) is 12.2 Å². The van der Waals surface area contributed by atoms with Gasteiger partial charge in [-0.2, -0.15) is 0 Å². The Balaban J connectivity index is 2.30. The minimum atomic E-state index is 0.156. The summed E-state index contributed by atoms with van der Waals surface area (Å²) in [7, 11) is 0. The molecular weight excluding hydrogens is 210 g/mol. The van der Waals surface area contributed by atoms with Gasteiger partial charge in [0.2, 0.25) is 0 Å². The van der Waals surface area contributed by atoms with Gasteiger partial charge in [0.15, 0.2) is 0 Å². The van der Waals surface area contributed by atoms with Gasteiger partial charge in [0.25, 0.3) is 0 Å². The highest BCUT2D eigenvalue weighted by Gasteiger charge is 2.60. The smallest absolute Gasteiger partial charge is 0.0678 e. The summed E-state index contributed by atoms with van der Waals surface area (Å²) in [5.74, 6) is 2.30. The third-order valence-electron chi connectivity index (χ3n) is 4.79. The largest absolute Gasteiger partial charge is 0.411 e. The van der Waals surface area contributed by atoms with Crippen LogP contribution in [0, 0.1) is 29.1 Å². The molecule has 0 aliphatic heterocycles. The highest BCUT2D eigenvalue weighted by Crippen LogP contribution is 2.60. The molecule has 1 fully saturated rings. The molecule has 0 radical (unpaired) electrons. The van der Waals surface area contributed by atoms with Crippen molar-refractivity contribution in [2.24, 2.45) is 34.2 Å². The van der Waals surface area contributed by atoms with Gasteiger partial charge in [0.05, 0.1) is 5.71 Å². The number of hydrogen-bond acceptors (Lipinski definition) is 2. The maximum atomic E-state index is 9.39. The molecule has 0 aromatic heterocycles. The summed E-state index contributed by atoms with van der Waals surface area (Å²) in [6.45, 7) is 9.03. The molecule has 0 amide bonds. The zero-order chi connectivity index (χ0) is 12.6. The first-order valence-corrected chi connectivity index (χ1v) is 6.93. The van der Waals surface area contributed by atoms with Gasteiger partial charge in [-0.15, -0.1) is 0 Å². The van der Waals surface area contributed by atoms with E-state index in [0.29, 0.717) is 23.7 Å². The number of oxime groups is 1. The fraction of sp³-hybridized carbons (Fsp3) is 0.800. The van der Waals surface area contributed by atoms with Crippen LogP contribution in [0.5, 0.6) is 0 Å². The van der Waals surface area contributed by atoms with Crippen LogP contribution in [0.4, 0.5) is 0 Å². The first-order chi connectivity index (χ1) is 8.04. The molecule has 2 heteroatoms. The Bertz CT molecular complexity index is 343. The minimum absolute atomic E-state index is 0.156. The summed E-state index contributed by atoms with van der Waals surface area (Å²) in [6, 6.07) is 0. The Kier molecular flexibility index (Phi) is 3.33. The topological polar surface area (TPSA) is 32.6 Å². The predicted octanol–water partition coefficient (Wildman–Crippen LogP) is 4.10. The zero-order valence-electron chi connectivity index (χ0n) is 11.5. The van der Waals surface area contributed by atoms with Crippen molar-refractivity contribution in [3.63, 3.8) is 0 Å². The second kappa shape index (κ2) is 4.47. The lowest BCUT2D eigenvalue weighted by molar-refractivity contribution is 0.0736. The van der Waals surface area contributed by atoms with Crippen LogP contribution in [0.15, 0.2) is 17.3 Å². The zero-order valence-corrected chi connectivity index (χ0v) is 11.5. The van der Waals surface area contributed by atoms with Crippen molar-refractivity contribution < 1.29 is 5.21 Å². The maximum Gasteiger partial charge on any atom is 0.0678 e. The molecule has 0 aromatic rings. The van der Waals surface area contributed by atoms with Crippen molar-refractivity contribution in [3.8, 4) is 0 Å². The molecule has 2 aliphatic rings. The summed E-state index contributed by atoms with van der Waals surface area (Å²) < 4.78 is 0. The average Bonchev–Trinajstić information content (AvgIpc) is 2.26. The van der Waals surface area contributed by atoms with Gasteiger partial charge in [-0.1, -0.05) is 45.0 Å². The fourth-order valence-electron chi connectivity index (χ4n) is 4.02. The molecule has 3 unspecified atom stereocenters. The first-order valence-electron chi connectivity index (χ1n) is 6.93. The van der Waals surface area contributed by atoms with Crippen molar-refractivity contribution in [2.45, 2.75) is 47.0 Å².